The van der Waals surface area contributed by atoms with Crippen molar-refractivity contribution in [3.63, 3.8) is 0 Å². The monoisotopic (exact) mass is 513 g/mol. The van der Waals surface area contributed by atoms with Gasteiger partial charge in [0.1, 0.15) is 0 Å². The number of carbonyl (C=O) groups is 1. The lowest BCUT2D eigenvalue weighted by Crippen LogP contribution is -2.40. The van der Waals surface area contributed by atoms with Gasteiger partial charge < -0.3 is 14.4 Å². The second-order valence-corrected chi connectivity index (χ2v) is 9.61. The topological polar surface area (TPSA) is 82.8 Å². The highest BCUT2D eigenvalue weighted by Crippen LogP contribution is 2.30. The van der Waals surface area contributed by atoms with Crippen molar-refractivity contribution >= 4 is 16.8 Å². The van der Waals surface area contributed by atoms with Crippen LogP contribution >= 0.6 is 0 Å². The molecule has 1 fully saturated rings. The second kappa shape index (κ2) is 10.6. The van der Waals surface area contributed by atoms with Gasteiger partial charge >= 0.3 is 5.69 Å². The number of nitrogens with zero attached hydrogens (tertiary/aromatic N) is 3. The van der Waals surface area contributed by atoms with E-state index in [4.69, 9.17) is 9.47 Å². The first-order chi connectivity index (χ1) is 18.4. The van der Waals surface area contributed by atoms with Crippen LogP contribution in [0.25, 0.3) is 10.9 Å². The van der Waals surface area contributed by atoms with Gasteiger partial charge in [-0.25, -0.2) is 4.79 Å². The van der Waals surface area contributed by atoms with Crippen LogP contribution in [0, 0.1) is 6.92 Å². The third-order valence-corrected chi connectivity index (χ3v) is 7.25. The summed E-state index contributed by atoms with van der Waals surface area (Å²) in [6.07, 6.45) is 2.06. The number of hydrogen-bond acceptors (Lipinski definition) is 5. The Bertz CT molecular complexity index is 1610. The van der Waals surface area contributed by atoms with Crippen molar-refractivity contribution < 1.29 is 14.3 Å². The molecule has 0 unspecified atom stereocenters. The number of ether oxygens (including phenoxy) is 2. The van der Waals surface area contributed by atoms with E-state index in [1.165, 1.54) is 18.8 Å². The van der Waals surface area contributed by atoms with Crippen molar-refractivity contribution in [2.45, 2.75) is 32.9 Å². The predicted octanol–water partition coefficient (Wildman–Crippen LogP) is 3.82. The van der Waals surface area contributed by atoms with Crippen molar-refractivity contribution in [1.82, 2.24) is 14.0 Å². The number of rotatable bonds is 7. The Morgan fingerprint density at radius 1 is 0.842 bits per heavy atom. The molecule has 8 nitrogen and oxygen atoms in total. The molecule has 1 saturated heterocycles. The number of aromatic nitrogens is 2. The molecule has 196 valence electrons. The zero-order valence-electron chi connectivity index (χ0n) is 21.9. The second-order valence-electron chi connectivity index (χ2n) is 9.61. The maximum Gasteiger partial charge on any atom is 0.332 e. The fourth-order valence-corrected chi connectivity index (χ4v) is 5.03. The molecule has 0 spiro atoms. The van der Waals surface area contributed by atoms with Crippen LogP contribution in [-0.2, 0) is 13.1 Å². The minimum absolute atomic E-state index is 0.0125. The summed E-state index contributed by atoms with van der Waals surface area (Å²) in [6.45, 7) is 3.92. The van der Waals surface area contributed by atoms with Crippen LogP contribution in [0.15, 0.2) is 70.3 Å². The molecule has 0 saturated carbocycles. The van der Waals surface area contributed by atoms with E-state index >= 15 is 0 Å². The fraction of sp³-hybridized carbons (Fsp3) is 0.300. The van der Waals surface area contributed by atoms with Crippen molar-refractivity contribution in [2.24, 2.45) is 0 Å². The SMILES string of the molecule is COc1cc2c(=O)n(Cc3ccc(C(=O)N4CCCC4)cc3)c(=O)n(Cc3ccccc3C)c2cc1OC. The highest BCUT2D eigenvalue weighted by molar-refractivity contribution is 5.94. The number of likely N-dealkylation sites (tertiary alicyclic amines) is 1. The Hall–Kier alpha value is -4.33. The molecule has 1 aromatic heterocycles. The van der Waals surface area contributed by atoms with E-state index in [0.717, 1.165) is 42.6 Å². The first-order valence-electron chi connectivity index (χ1n) is 12.7. The lowest BCUT2D eigenvalue weighted by Gasteiger charge is -2.18. The molecule has 8 heteroatoms. The average molecular weight is 514 g/mol. The van der Waals surface area contributed by atoms with Gasteiger partial charge in [0.15, 0.2) is 11.5 Å². The van der Waals surface area contributed by atoms with Crippen molar-refractivity contribution in [2.75, 3.05) is 27.3 Å². The minimum Gasteiger partial charge on any atom is -0.493 e. The summed E-state index contributed by atoms with van der Waals surface area (Å²) in [4.78, 5) is 42.0. The first-order valence-corrected chi connectivity index (χ1v) is 12.7. The quantitative estimate of drug-likeness (QED) is 0.375. The Morgan fingerprint density at radius 2 is 1.50 bits per heavy atom. The molecule has 1 amide bonds. The highest BCUT2D eigenvalue weighted by atomic mass is 16.5. The number of methoxy groups -OCH3 is 2. The van der Waals surface area contributed by atoms with Gasteiger partial charge in [0, 0.05) is 24.7 Å². The third kappa shape index (κ3) is 4.69. The summed E-state index contributed by atoms with van der Waals surface area (Å²) in [7, 11) is 3.03. The molecule has 0 aliphatic carbocycles. The third-order valence-electron chi connectivity index (χ3n) is 7.25. The molecule has 0 N–H and O–H groups in total. The summed E-state index contributed by atoms with van der Waals surface area (Å²) in [5.74, 6) is 0.862. The normalized spacial score (nSPS) is 13.2. The van der Waals surface area contributed by atoms with E-state index in [0.29, 0.717) is 34.5 Å². The molecular formula is C30H31N3O5. The highest BCUT2D eigenvalue weighted by Gasteiger charge is 2.20. The van der Waals surface area contributed by atoms with Gasteiger partial charge in [0.2, 0.25) is 0 Å². The molecule has 38 heavy (non-hydrogen) atoms. The number of amides is 1. The van der Waals surface area contributed by atoms with E-state index in [1.54, 1.807) is 41.0 Å². The Morgan fingerprint density at radius 3 is 2.16 bits per heavy atom. The maximum absolute atomic E-state index is 13.8. The summed E-state index contributed by atoms with van der Waals surface area (Å²) in [6, 6.07) is 18.3. The van der Waals surface area contributed by atoms with E-state index in [9.17, 15) is 14.4 Å². The van der Waals surface area contributed by atoms with E-state index < -0.39 is 11.2 Å². The molecule has 0 bridgehead atoms. The number of hydrogen-bond donors (Lipinski definition) is 0. The molecule has 1 aliphatic rings. The maximum atomic E-state index is 13.8. The molecule has 3 aromatic carbocycles. The Balaban J connectivity index is 1.60. The average Bonchev–Trinajstić information content (AvgIpc) is 3.49. The van der Waals surface area contributed by atoms with Gasteiger partial charge in [-0.1, -0.05) is 36.4 Å². The van der Waals surface area contributed by atoms with Gasteiger partial charge in [0.05, 0.1) is 38.2 Å². The standard InChI is InChI=1S/C30H31N3O5/c1-20-8-4-5-9-23(20)19-32-25-17-27(38-3)26(37-2)16-24(25)29(35)33(30(32)36)18-21-10-12-22(13-11-21)28(34)31-14-6-7-15-31/h4-5,8-13,16-17H,6-7,14-15,18-19H2,1-3H3. The summed E-state index contributed by atoms with van der Waals surface area (Å²) in [5, 5.41) is 0.358. The summed E-state index contributed by atoms with van der Waals surface area (Å²) in [5.41, 5.74) is 3.02. The van der Waals surface area contributed by atoms with Gasteiger partial charge in [0.25, 0.3) is 11.5 Å². The fourth-order valence-electron chi connectivity index (χ4n) is 5.03. The molecule has 0 atom stereocenters. The number of benzene rings is 3. The van der Waals surface area contributed by atoms with Gasteiger partial charge in [-0.2, -0.15) is 0 Å². The lowest BCUT2D eigenvalue weighted by molar-refractivity contribution is 0.0793. The number of carbonyl (C=O) groups excluding carboxylic acids is 1. The molecular weight excluding hydrogens is 482 g/mol. The zero-order chi connectivity index (χ0) is 26.8. The largest absolute Gasteiger partial charge is 0.493 e. The minimum atomic E-state index is -0.421. The van der Waals surface area contributed by atoms with E-state index in [2.05, 4.69) is 0 Å². The van der Waals surface area contributed by atoms with Crippen LogP contribution in [0.2, 0.25) is 0 Å². The van der Waals surface area contributed by atoms with Gasteiger partial charge in [-0.05, 0) is 54.7 Å². The van der Waals surface area contributed by atoms with Crippen LogP contribution in [0.3, 0.4) is 0 Å². The molecule has 2 heterocycles. The Kier molecular flexibility index (Phi) is 7.05. The van der Waals surface area contributed by atoms with Crippen LogP contribution < -0.4 is 20.7 Å². The number of fused-ring (bicyclic) bond motifs is 1. The molecule has 0 radical (unpaired) electrons. The van der Waals surface area contributed by atoms with Crippen LogP contribution in [0.4, 0.5) is 0 Å². The van der Waals surface area contributed by atoms with Gasteiger partial charge in [-0.3, -0.25) is 18.7 Å². The van der Waals surface area contributed by atoms with E-state index in [1.807, 2.05) is 36.1 Å². The predicted molar refractivity (Wildman–Crippen MR) is 147 cm³/mol. The van der Waals surface area contributed by atoms with Crippen molar-refractivity contribution in [3.8, 4) is 11.5 Å². The molecule has 5 rings (SSSR count). The van der Waals surface area contributed by atoms with Crippen molar-refractivity contribution in [1.29, 1.82) is 0 Å². The van der Waals surface area contributed by atoms with Crippen LogP contribution in [0.5, 0.6) is 11.5 Å². The first kappa shape index (κ1) is 25.3. The lowest BCUT2D eigenvalue weighted by atomic mass is 10.1. The van der Waals surface area contributed by atoms with E-state index in [-0.39, 0.29) is 12.5 Å². The zero-order valence-corrected chi connectivity index (χ0v) is 21.9. The summed E-state index contributed by atoms with van der Waals surface area (Å²) >= 11 is 0. The summed E-state index contributed by atoms with van der Waals surface area (Å²) < 4.78 is 13.8. The van der Waals surface area contributed by atoms with Crippen LogP contribution in [0.1, 0.15) is 39.9 Å². The van der Waals surface area contributed by atoms with Crippen molar-refractivity contribution in [3.05, 3.63) is 104 Å². The Labute approximate surface area is 220 Å². The number of aryl methyl sites for hydroxylation is 1. The molecule has 4 aromatic rings. The van der Waals surface area contributed by atoms with Crippen LogP contribution in [-0.4, -0.2) is 47.3 Å². The molecule has 1 aliphatic heterocycles. The van der Waals surface area contributed by atoms with Gasteiger partial charge in [-0.15, -0.1) is 0 Å². The smallest absolute Gasteiger partial charge is 0.332 e.